The zero-order valence-corrected chi connectivity index (χ0v) is 27.9. The van der Waals surface area contributed by atoms with Crippen LogP contribution in [0.15, 0.2) is 77.2 Å². The van der Waals surface area contributed by atoms with Gasteiger partial charge in [-0.3, -0.25) is 18.8 Å². The van der Waals surface area contributed by atoms with Crippen LogP contribution < -0.4 is 16.6 Å². The molecule has 1 unspecified atom stereocenters. The van der Waals surface area contributed by atoms with Gasteiger partial charge in [0.2, 0.25) is 0 Å². The van der Waals surface area contributed by atoms with E-state index in [4.69, 9.17) is 10.7 Å². The third-order valence-corrected chi connectivity index (χ3v) is 8.20. The first-order valence-corrected chi connectivity index (χ1v) is 15.8. The normalized spacial score (nSPS) is 12.0. The number of hydrogen-bond donors (Lipinski definition) is 2. The van der Waals surface area contributed by atoms with Gasteiger partial charge in [0, 0.05) is 38.8 Å². The van der Waals surface area contributed by atoms with Crippen molar-refractivity contribution in [1.29, 1.82) is 0 Å². The highest BCUT2D eigenvalue weighted by Gasteiger charge is 2.25. The smallest absolute Gasteiger partial charge is 0.267 e. The Bertz CT molecular complexity index is 2110. The van der Waals surface area contributed by atoms with Gasteiger partial charge in [0.05, 0.1) is 40.1 Å². The monoisotopic (exact) mass is 644 g/mol. The average molecular weight is 645 g/mol. The third-order valence-electron chi connectivity index (χ3n) is 8.20. The molecule has 12 nitrogen and oxygen atoms in total. The number of aliphatic imine (C=N–C) groups is 1. The Kier molecular flexibility index (Phi) is 10.3. The number of likely N-dealkylation sites (N-methyl/N-ethyl adjacent to an activating group) is 1. The zero-order chi connectivity index (χ0) is 34.4. The number of nitrogens with zero attached hydrogens (tertiary/aromatic N) is 8. The molecule has 0 aliphatic carbocycles. The van der Waals surface area contributed by atoms with Gasteiger partial charge >= 0.3 is 0 Å². The Morgan fingerprint density at radius 3 is 2.52 bits per heavy atom. The highest BCUT2D eigenvalue weighted by atomic mass is 16.2. The van der Waals surface area contributed by atoms with E-state index in [-0.39, 0.29) is 22.8 Å². The molecule has 3 N–H and O–H groups in total. The quantitative estimate of drug-likeness (QED) is 0.163. The van der Waals surface area contributed by atoms with Crippen LogP contribution in [0.1, 0.15) is 59.8 Å². The fourth-order valence-corrected chi connectivity index (χ4v) is 5.63. The molecule has 5 aromatic rings. The summed E-state index contributed by atoms with van der Waals surface area (Å²) in [4.78, 5) is 39.6. The number of allylic oxidation sites excluding steroid dienone is 1. The molecule has 48 heavy (non-hydrogen) atoms. The van der Waals surface area contributed by atoms with Crippen molar-refractivity contribution < 1.29 is 4.79 Å². The number of nitrogens with one attached hydrogen (secondary N) is 1. The molecule has 3 aromatic heterocycles. The van der Waals surface area contributed by atoms with Gasteiger partial charge in [-0.1, -0.05) is 62.6 Å². The van der Waals surface area contributed by atoms with Crippen LogP contribution in [-0.2, 0) is 20.5 Å². The number of carbonyl (C=O) groups excluding carboxylic acids is 1. The number of anilines is 1. The second-order valence-electron chi connectivity index (χ2n) is 11.2. The number of fused-ring (bicyclic) bond motifs is 1. The van der Waals surface area contributed by atoms with Gasteiger partial charge in [-0.05, 0) is 44.3 Å². The number of para-hydroxylation sites is 1. The van der Waals surface area contributed by atoms with Crippen molar-refractivity contribution in [2.45, 2.75) is 33.2 Å². The lowest BCUT2D eigenvalue weighted by Crippen LogP contribution is -2.33. The number of nitrogen functional groups attached to an aromatic ring is 1. The van der Waals surface area contributed by atoms with Crippen molar-refractivity contribution in [3.05, 3.63) is 106 Å². The van der Waals surface area contributed by atoms with E-state index in [0.717, 1.165) is 37.3 Å². The average Bonchev–Trinajstić information content (AvgIpc) is 3.58. The van der Waals surface area contributed by atoms with Crippen LogP contribution in [0.2, 0.25) is 0 Å². The first-order valence-electron chi connectivity index (χ1n) is 15.8. The number of nitrogens with two attached hydrogens (primary N) is 1. The van der Waals surface area contributed by atoms with Crippen LogP contribution in [0.3, 0.4) is 0 Å². The lowest BCUT2D eigenvalue weighted by molar-refractivity contribution is 0.0939. The minimum absolute atomic E-state index is 0.0263. The highest BCUT2D eigenvalue weighted by molar-refractivity contribution is 6.03. The second-order valence-corrected chi connectivity index (χ2v) is 11.2. The minimum Gasteiger partial charge on any atom is -0.381 e. The van der Waals surface area contributed by atoms with Gasteiger partial charge in [0.25, 0.3) is 11.5 Å². The Labute approximate surface area is 279 Å². The van der Waals surface area contributed by atoms with Crippen LogP contribution >= 0.6 is 0 Å². The first kappa shape index (κ1) is 33.6. The molecule has 3 heterocycles. The van der Waals surface area contributed by atoms with Gasteiger partial charge in [0.15, 0.2) is 11.6 Å². The molecule has 0 radical (unpaired) electrons. The molecule has 0 saturated carbocycles. The first-order chi connectivity index (χ1) is 23.2. The third kappa shape index (κ3) is 6.82. The van der Waals surface area contributed by atoms with E-state index in [1.165, 1.54) is 21.5 Å². The molecule has 0 saturated heterocycles. The van der Waals surface area contributed by atoms with E-state index in [9.17, 15) is 9.59 Å². The van der Waals surface area contributed by atoms with Gasteiger partial charge in [-0.2, -0.15) is 10.2 Å². The van der Waals surface area contributed by atoms with E-state index >= 15 is 0 Å². The van der Waals surface area contributed by atoms with E-state index in [1.807, 2.05) is 54.2 Å². The molecule has 0 bridgehead atoms. The Morgan fingerprint density at radius 1 is 1.08 bits per heavy atom. The molecule has 246 valence electrons. The number of benzene rings is 2. The predicted octanol–water partition coefficient (Wildman–Crippen LogP) is 4.10. The SMILES string of the molecule is C=C/C=N\c1c(C(=O)NC(C)c2nc3cccc(C#Cc4cnn(C)c4CCN(CC)CC)c3c(=O)n2-c2ccccc2)c(N)nn1C. The zero-order valence-electron chi connectivity index (χ0n) is 27.9. The molecular weight excluding hydrogens is 604 g/mol. The highest BCUT2D eigenvalue weighted by Crippen LogP contribution is 2.26. The van der Waals surface area contributed by atoms with Crippen molar-refractivity contribution in [2.75, 3.05) is 25.4 Å². The number of hydrogen-bond acceptors (Lipinski definition) is 8. The minimum atomic E-state index is -0.718. The van der Waals surface area contributed by atoms with Crippen molar-refractivity contribution in [1.82, 2.24) is 39.3 Å². The summed E-state index contributed by atoms with van der Waals surface area (Å²) in [5.41, 5.74) is 9.36. The summed E-state index contributed by atoms with van der Waals surface area (Å²) in [5, 5.41) is 11.9. The van der Waals surface area contributed by atoms with E-state index in [1.54, 1.807) is 26.2 Å². The summed E-state index contributed by atoms with van der Waals surface area (Å²) in [6.45, 7) is 12.5. The number of amides is 1. The maximum atomic E-state index is 14.4. The number of aryl methyl sites for hydroxylation is 2. The maximum Gasteiger partial charge on any atom is 0.267 e. The topological polar surface area (TPSA) is 141 Å². The lowest BCUT2D eigenvalue weighted by Gasteiger charge is -2.20. The van der Waals surface area contributed by atoms with Crippen molar-refractivity contribution in [3.63, 3.8) is 0 Å². The van der Waals surface area contributed by atoms with Crippen LogP contribution in [-0.4, -0.2) is 65.8 Å². The fourth-order valence-electron chi connectivity index (χ4n) is 5.63. The second kappa shape index (κ2) is 14.7. The molecule has 0 spiro atoms. The van der Waals surface area contributed by atoms with Crippen LogP contribution in [0, 0.1) is 11.8 Å². The number of rotatable bonds is 11. The summed E-state index contributed by atoms with van der Waals surface area (Å²) in [7, 11) is 3.56. The van der Waals surface area contributed by atoms with Crippen LogP contribution in [0.25, 0.3) is 16.6 Å². The van der Waals surface area contributed by atoms with E-state index in [2.05, 4.69) is 57.7 Å². The molecule has 1 atom stereocenters. The summed E-state index contributed by atoms with van der Waals surface area (Å²) >= 11 is 0. The van der Waals surface area contributed by atoms with Crippen LogP contribution in [0.4, 0.5) is 11.6 Å². The number of aromatic nitrogens is 6. The van der Waals surface area contributed by atoms with E-state index in [0.29, 0.717) is 28.0 Å². The molecule has 0 aliphatic heterocycles. The summed E-state index contributed by atoms with van der Waals surface area (Å²) < 4.78 is 4.79. The molecule has 2 aromatic carbocycles. The Balaban J connectivity index is 1.58. The molecular formula is C36H40N10O2. The number of carbonyl (C=O) groups is 1. The Morgan fingerprint density at radius 2 is 1.81 bits per heavy atom. The summed E-state index contributed by atoms with van der Waals surface area (Å²) in [5.74, 6) is 6.65. The van der Waals surface area contributed by atoms with Gasteiger partial charge < -0.3 is 16.0 Å². The Hall–Kier alpha value is -5.80. The predicted molar refractivity (Wildman–Crippen MR) is 190 cm³/mol. The molecule has 12 heteroatoms. The van der Waals surface area contributed by atoms with Crippen molar-refractivity contribution in [2.24, 2.45) is 19.1 Å². The van der Waals surface area contributed by atoms with E-state index < -0.39 is 11.9 Å². The fraction of sp³-hybridized carbons (Fsp3) is 0.278. The van der Waals surface area contributed by atoms with Gasteiger partial charge in [-0.15, -0.1) is 0 Å². The molecule has 0 aliphatic rings. The molecule has 0 fully saturated rings. The summed E-state index contributed by atoms with van der Waals surface area (Å²) in [6.07, 6.45) is 5.52. The molecule has 5 rings (SSSR count). The molecule has 1 amide bonds. The largest absolute Gasteiger partial charge is 0.381 e. The van der Waals surface area contributed by atoms with Crippen molar-refractivity contribution >= 4 is 34.7 Å². The van der Waals surface area contributed by atoms with Crippen molar-refractivity contribution in [3.8, 4) is 17.5 Å². The summed E-state index contributed by atoms with van der Waals surface area (Å²) in [6, 6.07) is 13.9. The van der Waals surface area contributed by atoms with Gasteiger partial charge in [0.1, 0.15) is 11.4 Å². The van der Waals surface area contributed by atoms with Gasteiger partial charge in [-0.25, -0.2) is 14.7 Å². The standard InChI is InChI=1S/C36H40N10O2/c1-7-21-38-34-31(32(37)42-44(34)6)35(47)40-24(4)33-41-28-17-13-14-25(30(28)36(48)46(33)27-15-11-10-12-16-27)18-19-26-23-39-43(5)29(26)20-22-45(8-2)9-3/h7,10-17,21,23-24H,1,8-9,20,22H2,2-6H3,(H2,37,42)(H,40,47)/b38-21-. The van der Waals surface area contributed by atoms with Crippen LogP contribution in [0.5, 0.6) is 0 Å². The lowest BCUT2D eigenvalue weighted by atomic mass is 10.1. The maximum absolute atomic E-state index is 14.4.